The predicted octanol–water partition coefficient (Wildman–Crippen LogP) is 4.05. The summed E-state index contributed by atoms with van der Waals surface area (Å²) in [6, 6.07) is 2.64. The number of nitrogens with one attached hydrogen (secondary N) is 1. The number of nitrogens with zero attached hydrogens (tertiary/aromatic N) is 6. The predicted molar refractivity (Wildman–Crippen MR) is 119 cm³/mol. The van der Waals surface area contributed by atoms with E-state index in [1.165, 1.54) is 0 Å². The second-order valence-electron chi connectivity index (χ2n) is 7.97. The Labute approximate surface area is 178 Å². The van der Waals surface area contributed by atoms with Gasteiger partial charge in [-0.1, -0.05) is 0 Å². The number of hydrogen-bond acceptors (Lipinski definition) is 7. The Bertz CT molecular complexity index is 1200. The monoisotopic (exact) mass is 423 g/mol. The SMILES string of the molecule is Cc1c(-c2ccn(C(C)C)n2)sc2nc(-c3nccn3C)nc(N[C@@H]3CCOC3)c12. The molecule has 0 aliphatic carbocycles. The number of hydrogen-bond donors (Lipinski definition) is 1. The quantitative estimate of drug-likeness (QED) is 0.522. The minimum atomic E-state index is 0.250. The lowest BCUT2D eigenvalue weighted by atomic mass is 10.1. The third-order valence-electron chi connectivity index (χ3n) is 5.45. The van der Waals surface area contributed by atoms with Gasteiger partial charge in [0.25, 0.3) is 0 Å². The van der Waals surface area contributed by atoms with Gasteiger partial charge in [-0.05, 0) is 38.8 Å². The second-order valence-corrected chi connectivity index (χ2v) is 8.97. The van der Waals surface area contributed by atoms with Crippen LogP contribution in [0, 0.1) is 6.92 Å². The first-order valence-corrected chi connectivity index (χ1v) is 11.0. The van der Waals surface area contributed by atoms with Crippen LogP contribution >= 0.6 is 11.3 Å². The number of rotatable bonds is 5. The molecule has 1 atom stereocenters. The van der Waals surface area contributed by atoms with Crippen molar-refractivity contribution < 1.29 is 4.74 Å². The zero-order valence-corrected chi connectivity index (χ0v) is 18.4. The minimum Gasteiger partial charge on any atom is -0.379 e. The van der Waals surface area contributed by atoms with Crippen molar-refractivity contribution in [2.75, 3.05) is 18.5 Å². The number of anilines is 1. The average Bonchev–Trinajstić information content (AvgIpc) is 3.48. The van der Waals surface area contributed by atoms with Crippen LogP contribution in [0.1, 0.15) is 31.9 Å². The number of fused-ring (bicyclic) bond motifs is 1. The normalized spacial score (nSPS) is 16.8. The molecule has 1 aliphatic heterocycles. The van der Waals surface area contributed by atoms with E-state index < -0.39 is 0 Å². The highest BCUT2D eigenvalue weighted by Gasteiger charge is 2.23. The first kappa shape index (κ1) is 19.2. The van der Waals surface area contributed by atoms with Crippen LogP contribution in [0.5, 0.6) is 0 Å². The average molecular weight is 424 g/mol. The molecule has 9 heteroatoms. The third kappa shape index (κ3) is 3.27. The number of aromatic nitrogens is 6. The first-order chi connectivity index (χ1) is 14.5. The molecule has 1 fully saturated rings. The van der Waals surface area contributed by atoms with Crippen molar-refractivity contribution in [1.29, 1.82) is 0 Å². The zero-order valence-electron chi connectivity index (χ0n) is 17.6. The molecule has 0 saturated carbocycles. The van der Waals surface area contributed by atoms with Gasteiger partial charge < -0.3 is 14.6 Å². The van der Waals surface area contributed by atoms with E-state index >= 15 is 0 Å². The summed E-state index contributed by atoms with van der Waals surface area (Å²) in [6.45, 7) is 7.86. The molecule has 5 heterocycles. The molecule has 0 amide bonds. The summed E-state index contributed by atoms with van der Waals surface area (Å²) < 4.78 is 9.49. The van der Waals surface area contributed by atoms with Crippen LogP contribution in [0.3, 0.4) is 0 Å². The second kappa shape index (κ2) is 7.48. The van der Waals surface area contributed by atoms with Gasteiger partial charge in [0.05, 0.1) is 22.9 Å². The summed E-state index contributed by atoms with van der Waals surface area (Å²) in [5.74, 6) is 2.22. The molecular weight excluding hydrogens is 398 g/mol. The summed E-state index contributed by atoms with van der Waals surface area (Å²) in [5, 5.41) is 9.43. The van der Waals surface area contributed by atoms with Crippen molar-refractivity contribution in [3.63, 3.8) is 0 Å². The van der Waals surface area contributed by atoms with Crippen molar-refractivity contribution in [2.45, 2.75) is 39.3 Å². The van der Waals surface area contributed by atoms with Gasteiger partial charge in [-0.25, -0.2) is 15.0 Å². The molecule has 0 unspecified atom stereocenters. The Morgan fingerprint density at radius 3 is 2.80 bits per heavy atom. The molecule has 1 saturated heterocycles. The lowest BCUT2D eigenvalue weighted by Gasteiger charge is -2.14. The molecule has 30 heavy (non-hydrogen) atoms. The summed E-state index contributed by atoms with van der Waals surface area (Å²) in [6.07, 6.45) is 6.68. The van der Waals surface area contributed by atoms with Crippen molar-refractivity contribution in [3.05, 3.63) is 30.2 Å². The van der Waals surface area contributed by atoms with Crippen LogP contribution in [0.15, 0.2) is 24.7 Å². The molecule has 4 aromatic heterocycles. The Kier molecular flexibility index (Phi) is 4.79. The Morgan fingerprint density at radius 1 is 1.27 bits per heavy atom. The molecule has 0 radical (unpaired) electrons. The number of thiophene rings is 1. The van der Waals surface area contributed by atoms with Crippen molar-refractivity contribution in [2.24, 2.45) is 7.05 Å². The van der Waals surface area contributed by atoms with Gasteiger partial charge in [0.1, 0.15) is 16.3 Å². The molecule has 0 spiro atoms. The van der Waals surface area contributed by atoms with Gasteiger partial charge in [-0.3, -0.25) is 4.68 Å². The third-order valence-corrected chi connectivity index (χ3v) is 6.66. The molecule has 5 rings (SSSR count). The van der Waals surface area contributed by atoms with Gasteiger partial charge in [0.15, 0.2) is 11.6 Å². The van der Waals surface area contributed by atoms with E-state index in [4.69, 9.17) is 19.8 Å². The van der Waals surface area contributed by atoms with E-state index in [0.717, 1.165) is 51.0 Å². The maximum absolute atomic E-state index is 5.56. The van der Waals surface area contributed by atoms with Gasteiger partial charge >= 0.3 is 0 Å². The van der Waals surface area contributed by atoms with Crippen LogP contribution in [-0.2, 0) is 11.8 Å². The number of ether oxygens (including phenoxy) is 1. The summed E-state index contributed by atoms with van der Waals surface area (Å²) >= 11 is 1.66. The molecule has 156 valence electrons. The maximum atomic E-state index is 5.56. The van der Waals surface area contributed by atoms with E-state index in [1.54, 1.807) is 17.5 Å². The molecule has 1 N–H and O–H groups in total. The Morgan fingerprint density at radius 2 is 2.13 bits per heavy atom. The van der Waals surface area contributed by atoms with Gasteiger partial charge in [-0.2, -0.15) is 5.10 Å². The van der Waals surface area contributed by atoms with E-state index in [1.807, 2.05) is 28.7 Å². The highest BCUT2D eigenvalue weighted by atomic mass is 32.1. The fourth-order valence-corrected chi connectivity index (χ4v) is 4.90. The molecule has 8 nitrogen and oxygen atoms in total. The molecule has 0 aromatic carbocycles. The standard InChI is InChI=1S/C21H25N7OS/c1-12(2)28-8-5-15(26-28)17-13(3)16-18(23-14-6-10-29-11-14)24-19(25-21(16)30-17)20-22-7-9-27(20)4/h5,7-9,12,14H,6,10-11H2,1-4H3,(H,23,24,25)/t14-/m1/s1. The Balaban J connectivity index is 1.67. The van der Waals surface area contributed by atoms with Crippen LogP contribution in [0.2, 0.25) is 0 Å². The van der Waals surface area contributed by atoms with Crippen LogP contribution in [0.25, 0.3) is 32.4 Å². The van der Waals surface area contributed by atoms with E-state index in [9.17, 15) is 0 Å². The maximum Gasteiger partial charge on any atom is 0.199 e. The number of imidazole rings is 1. The fraction of sp³-hybridized carbons (Fsp3) is 0.429. The van der Waals surface area contributed by atoms with Gasteiger partial charge in [0.2, 0.25) is 0 Å². The van der Waals surface area contributed by atoms with Crippen molar-refractivity contribution in [1.82, 2.24) is 29.3 Å². The topological polar surface area (TPSA) is 82.7 Å². The minimum absolute atomic E-state index is 0.250. The smallest absolute Gasteiger partial charge is 0.199 e. The summed E-state index contributed by atoms with van der Waals surface area (Å²) in [7, 11) is 1.96. The van der Waals surface area contributed by atoms with Crippen LogP contribution in [-0.4, -0.2) is 48.6 Å². The Hall–Kier alpha value is -2.78. The van der Waals surface area contributed by atoms with Gasteiger partial charge in [0, 0.05) is 38.3 Å². The largest absolute Gasteiger partial charge is 0.379 e. The highest BCUT2D eigenvalue weighted by molar-refractivity contribution is 7.22. The first-order valence-electron chi connectivity index (χ1n) is 10.2. The van der Waals surface area contributed by atoms with Crippen LogP contribution < -0.4 is 5.32 Å². The fourth-order valence-electron chi connectivity index (χ4n) is 3.76. The van der Waals surface area contributed by atoms with Crippen LogP contribution in [0.4, 0.5) is 5.82 Å². The molecular formula is C21H25N7OS. The summed E-state index contributed by atoms with van der Waals surface area (Å²) in [4.78, 5) is 16.3. The van der Waals surface area contributed by atoms with E-state index in [-0.39, 0.29) is 6.04 Å². The molecule has 0 bridgehead atoms. The zero-order chi connectivity index (χ0) is 20.8. The van der Waals surface area contributed by atoms with E-state index in [2.05, 4.69) is 37.1 Å². The summed E-state index contributed by atoms with van der Waals surface area (Å²) in [5.41, 5.74) is 2.12. The molecule has 4 aromatic rings. The highest BCUT2D eigenvalue weighted by Crippen LogP contribution is 2.40. The van der Waals surface area contributed by atoms with Gasteiger partial charge in [-0.15, -0.1) is 11.3 Å². The van der Waals surface area contributed by atoms with Crippen molar-refractivity contribution >= 4 is 27.4 Å². The van der Waals surface area contributed by atoms with E-state index in [0.29, 0.717) is 18.5 Å². The molecule has 1 aliphatic rings. The number of aryl methyl sites for hydroxylation is 2. The lowest BCUT2D eigenvalue weighted by Crippen LogP contribution is -2.20. The van der Waals surface area contributed by atoms with Crippen molar-refractivity contribution in [3.8, 4) is 22.2 Å². The lowest BCUT2D eigenvalue weighted by molar-refractivity contribution is 0.195.